The van der Waals surface area contributed by atoms with Gasteiger partial charge < -0.3 is 4.90 Å². The second kappa shape index (κ2) is 9.85. The molecule has 4 aromatic rings. The van der Waals surface area contributed by atoms with E-state index < -0.39 is 0 Å². The van der Waals surface area contributed by atoms with E-state index in [4.69, 9.17) is 16.6 Å². The van der Waals surface area contributed by atoms with E-state index in [-0.39, 0.29) is 10.8 Å². The summed E-state index contributed by atoms with van der Waals surface area (Å²) in [5.41, 5.74) is 9.57. The van der Waals surface area contributed by atoms with E-state index in [1.54, 1.807) is 0 Å². The number of hydrogen-bond donors (Lipinski definition) is 0. The minimum atomic E-state index is -0.171. The van der Waals surface area contributed by atoms with Gasteiger partial charge in [0.2, 0.25) is 0 Å². The maximum absolute atomic E-state index is 7.11. The lowest BCUT2D eigenvalue weighted by Gasteiger charge is -2.25. The van der Waals surface area contributed by atoms with Gasteiger partial charge in [-0.3, -0.25) is 4.99 Å². The van der Waals surface area contributed by atoms with Crippen LogP contribution in [0.25, 0.3) is 21.5 Å². The molecule has 0 bridgehead atoms. The zero-order chi connectivity index (χ0) is 29.2. The number of hydrogen-bond acceptors (Lipinski definition) is 2. The van der Waals surface area contributed by atoms with Crippen molar-refractivity contribution in [2.45, 2.75) is 57.8 Å². The fraction of sp³-hybridized carbons (Fsp3) is 0.256. The molecule has 7 rings (SSSR count). The summed E-state index contributed by atoms with van der Waals surface area (Å²) in [5, 5.41) is 6.06. The summed E-state index contributed by atoms with van der Waals surface area (Å²) < 4.78 is 0. The Kier molecular flexibility index (Phi) is 6.33. The molecule has 0 aromatic heterocycles. The van der Waals surface area contributed by atoms with Crippen LogP contribution in [0.5, 0.6) is 0 Å². The number of rotatable bonds is 3. The van der Waals surface area contributed by atoms with Gasteiger partial charge in [-0.2, -0.15) is 0 Å². The summed E-state index contributed by atoms with van der Waals surface area (Å²) in [5.74, 6) is 0. The monoisotopic (exact) mass is 568 g/mol. The molecule has 0 fully saturated rings. The Morgan fingerprint density at radius 1 is 0.738 bits per heavy atom. The van der Waals surface area contributed by atoms with Gasteiger partial charge in [0, 0.05) is 34.3 Å². The molecule has 3 aliphatic rings. The summed E-state index contributed by atoms with van der Waals surface area (Å²) in [4.78, 5) is 7.42. The van der Waals surface area contributed by atoms with Gasteiger partial charge >= 0.3 is 0 Å². The number of nitrogens with zero attached hydrogens (tertiary/aromatic N) is 2. The van der Waals surface area contributed by atoms with Crippen molar-refractivity contribution in [2.75, 3.05) is 11.9 Å². The molecule has 2 nitrogen and oxygen atoms in total. The largest absolute Gasteiger partial charge is 0.347 e. The topological polar surface area (TPSA) is 15.6 Å². The number of anilines is 1. The van der Waals surface area contributed by atoms with Crippen LogP contribution in [0.4, 0.5) is 11.4 Å². The van der Waals surface area contributed by atoms with Crippen molar-refractivity contribution in [3.05, 3.63) is 130 Å². The normalized spacial score (nSPS) is 21.2. The lowest BCUT2D eigenvalue weighted by Crippen LogP contribution is -2.24. The molecule has 0 radical (unpaired) electrons. The highest BCUT2D eigenvalue weighted by Gasteiger charge is 2.39. The zero-order valence-electron chi connectivity index (χ0n) is 25.1. The average Bonchev–Trinajstić information content (AvgIpc) is 3.36. The van der Waals surface area contributed by atoms with E-state index in [9.17, 15) is 0 Å². The molecule has 0 N–H and O–H groups in total. The van der Waals surface area contributed by atoms with Gasteiger partial charge in [0.05, 0.1) is 11.4 Å². The molecule has 0 saturated carbocycles. The van der Waals surface area contributed by atoms with Gasteiger partial charge in [0.25, 0.3) is 0 Å². The molecule has 4 aromatic carbocycles. The molecule has 0 amide bonds. The SMILES string of the molecule is CN1/C(=C\C=C2/CCCC(/C=C/C3=Nc4ccc5ccccc5c4C3(C)C)=C2Cl)C(C)(C)c2c1ccc1ccccc21. The Balaban J connectivity index is 1.20. The maximum atomic E-state index is 7.11. The third kappa shape index (κ3) is 4.11. The summed E-state index contributed by atoms with van der Waals surface area (Å²) in [7, 11) is 2.18. The highest BCUT2D eigenvalue weighted by Crippen LogP contribution is 2.50. The van der Waals surface area contributed by atoms with Crippen LogP contribution in [0.1, 0.15) is 58.1 Å². The highest BCUT2D eigenvalue weighted by atomic mass is 35.5. The van der Waals surface area contributed by atoms with Gasteiger partial charge in [-0.15, -0.1) is 0 Å². The summed E-state index contributed by atoms with van der Waals surface area (Å²) in [6, 6.07) is 26.2. The first-order chi connectivity index (χ1) is 20.2. The van der Waals surface area contributed by atoms with Crippen LogP contribution in [-0.4, -0.2) is 12.8 Å². The van der Waals surface area contributed by atoms with Crippen LogP contribution in [0.15, 0.2) is 124 Å². The van der Waals surface area contributed by atoms with Crippen molar-refractivity contribution in [1.29, 1.82) is 0 Å². The van der Waals surface area contributed by atoms with Gasteiger partial charge in [-0.05, 0) is 87.4 Å². The van der Waals surface area contributed by atoms with Crippen molar-refractivity contribution in [1.82, 2.24) is 0 Å². The van der Waals surface area contributed by atoms with Gasteiger partial charge in [0.1, 0.15) is 0 Å². The Morgan fingerprint density at radius 3 is 2.14 bits per heavy atom. The molecule has 0 spiro atoms. The lowest BCUT2D eigenvalue weighted by molar-refractivity contribution is 0.645. The molecule has 2 heterocycles. The van der Waals surface area contributed by atoms with Crippen LogP contribution in [-0.2, 0) is 10.8 Å². The van der Waals surface area contributed by atoms with Crippen molar-refractivity contribution in [3.63, 3.8) is 0 Å². The van der Waals surface area contributed by atoms with E-state index in [2.05, 4.69) is 137 Å². The van der Waals surface area contributed by atoms with E-state index in [1.165, 1.54) is 55.2 Å². The summed E-state index contributed by atoms with van der Waals surface area (Å²) in [6.07, 6.45) is 12.0. The van der Waals surface area contributed by atoms with Crippen LogP contribution < -0.4 is 4.90 Å². The molecule has 42 heavy (non-hydrogen) atoms. The fourth-order valence-corrected chi connectivity index (χ4v) is 7.73. The van der Waals surface area contributed by atoms with Crippen LogP contribution in [0.2, 0.25) is 0 Å². The van der Waals surface area contributed by atoms with Crippen LogP contribution in [0.3, 0.4) is 0 Å². The molecule has 0 atom stereocenters. The first kappa shape index (κ1) is 27.0. The second-order valence-corrected chi connectivity index (χ2v) is 13.3. The van der Waals surface area contributed by atoms with Gasteiger partial charge in [0.15, 0.2) is 0 Å². The minimum absolute atomic E-state index is 0.110. The zero-order valence-corrected chi connectivity index (χ0v) is 25.9. The number of aliphatic imine (C=N–C) groups is 1. The van der Waals surface area contributed by atoms with Crippen molar-refractivity contribution >= 4 is 50.2 Å². The maximum Gasteiger partial charge on any atom is 0.0681 e. The Morgan fingerprint density at radius 2 is 1.40 bits per heavy atom. The van der Waals surface area contributed by atoms with Crippen molar-refractivity contribution in [3.8, 4) is 0 Å². The molecular weight excluding hydrogens is 532 g/mol. The number of benzene rings is 4. The van der Waals surface area contributed by atoms with Gasteiger partial charge in [-0.25, -0.2) is 0 Å². The van der Waals surface area contributed by atoms with E-state index in [0.717, 1.165) is 35.7 Å². The number of fused-ring (bicyclic) bond motifs is 6. The molecule has 3 heteroatoms. The quantitative estimate of drug-likeness (QED) is 0.240. The lowest BCUT2D eigenvalue weighted by atomic mass is 9.79. The molecule has 210 valence electrons. The van der Waals surface area contributed by atoms with E-state index >= 15 is 0 Å². The molecule has 0 unspecified atom stereocenters. The predicted octanol–water partition coefficient (Wildman–Crippen LogP) is 10.8. The Labute approximate surface area is 254 Å². The molecule has 1 aliphatic carbocycles. The molecule has 0 saturated heterocycles. The smallest absolute Gasteiger partial charge is 0.0681 e. The third-order valence-electron chi connectivity index (χ3n) is 9.65. The minimum Gasteiger partial charge on any atom is -0.347 e. The second-order valence-electron chi connectivity index (χ2n) is 12.9. The Bertz CT molecular complexity index is 1930. The summed E-state index contributed by atoms with van der Waals surface area (Å²) >= 11 is 7.11. The molecule has 2 aliphatic heterocycles. The first-order valence-corrected chi connectivity index (χ1v) is 15.4. The standard InChI is InChI=1S/C39H37ClN2/c1-38(2)33(41-31-21-17-25-11-6-8-15-29(25)35(31)38)23-19-27-13-10-14-28(37(27)40)20-24-34-39(3,4)36-30-16-9-7-12-26(30)18-22-32(36)42(34)5/h6-9,11-12,15-24H,10,13-14H2,1-5H3/b23-19+,28-20+,34-24-. The number of halogens is 1. The highest BCUT2D eigenvalue weighted by molar-refractivity contribution is 6.32. The van der Waals surface area contributed by atoms with Crippen LogP contribution >= 0.6 is 11.6 Å². The van der Waals surface area contributed by atoms with Crippen LogP contribution in [0, 0.1) is 0 Å². The third-order valence-corrected chi connectivity index (χ3v) is 10.1. The van der Waals surface area contributed by atoms with Crippen molar-refractivity contribution in [2.24, 2.45) is 4.99 Å². The predicted molar refractivity (Wildman–Crippen MR) is 181 cm³/mol. The fourth-order valence-electron chi connectivity index (χ4n) is 7.41. The first-order valence-electron chi connectivity index (χ1n) is 15.0. The average molecular weight is 569 g/mol. The number of likely N-dealkylation sites (N-methyl/N-ethyl adjacent to an activating group) is 1. The van der Waals surface area contributed by atoms with E-state index in [1.807, 2.05) is 0 Å². The Hall–Kier alpha value is -3.88. The van der Waals surface area contributed by atoms with Gasteiger partial charge in [-0.1, -0.05) is 112 Å². The van der Waals surface area contributed by atoms with E-state index in [0.29, 0.717) is 0 Å². The van der Waals surface area contributed by atoms with Crippen molar-refractivity contribution < 1.29 is 0 Å². The number of allylic oxidation sites excluding steroid dienone is 8. The molecular formula is C39H37ClN2. The summed E-state index contributed by atoms with van der Waals surface area (Å²) in [6.45, 7) is 9.24.